The fourth-order valence-electron chi connectivity index (χ4n) is 9.16. The van der Waals surface area contributed by atoms with Crippen LogP contribution in [0.15, 0.2) is 48.8 Å². The van der Waals surface area contributed by atoms with Gasteiger partial charge >= 0.3 is 0 Å². The average Bonchev–Trinajstić information content (AvgIpc) is 3.88. The van der Waals surface area contributed by atoms with Gasteiger partial charge in [0.15, 0.2) is 0 Å². The third-order valence-corrected chi connectivity index (χ3v) is 13.0. The maximum Gasteiger partial charge on any atom is 0.255 e. The van der Waals surface area contributed by atoms with Gasteiger partial charge in [0.25, 0.3) is 5.91 Å². The van der Waals surface area contributed by atoms with E-state index in [0.29, 0.717) is 47.5 Å². The number of imide groups is 1. The van der Waals surface area contributed by atoms with Crippen LogP contribution in [0.2, 0.25) is 0 Å². The number of aromatic nitrogens is 2. The Hall–Kier alpha value is -5.08. The number of benzene rings is 2. The van der Waals surface area contributed by atoms with E-state index in [1.807, 2.05) is 30.3 Å². The standard InChI is InChI=1S/C45H59N9O5.H2/c1-4-52(40-25-38(48-28-49-40)42(47)36-24-34(10-12-37(36)46)59-45(2)17-18-45)22-21-51(3)26-29-5-8-32(9-6-29)58-33-15-19-53(20-16-33)31-7-11-35-30(23-31)27-54(44(35)57)39-13-14-41(55)50-43(39)56;/h7,10-12,23-25,28-29,32-33,39,47H,4-6,8-9,13-22,26-27,46H2,1-3H3,(H,50,55,56);1H. The Bertz CT molecular complexity index is 2060. The van der Waals surface area contributed by atoms with E-state index in [4.69, 9.17) is 20.6 Å². The summed E-state index contributed by atoms with van der Waals surface area (Å²) in [5.41, 5.74) is 10.8. The van der Waals surface area contributed by atoms with Crippen molar-refractivity contribution in [3.05, 3.63) is 71.2 Å². The first-order valence-electron chi connectivity index (χ1n) is 21.6. The molecule has 3 aromatic rings. The number of carbonyl (C=O) groups is 3. The molecule has 14 heteroatoms. The van der Waals surface area contributed by atoms with Gasteiger partial charge in [-0.15, -0.1) is 0 Å². The molecule has 4 N–H and O–H groups in total. The first kappa shape index (κ1) is 40.7. The number of nitrogens with one attached hydrogen (secondary N) is 2. The number of amides is 3. The molecule has 4 fully saturated rings. The molecule has 316 valence electrons. The number of hydrogen-bond acceptors (Lipinski definition) is 12. The van der Waals surface area contributed by atoms with Gasteiger partial charge in [-0.05, 0) is 127 Å². The summed E-state index contributed by atoms with van der Waals surface area (Å²) >= 11 is 0. The lowest BCUT2D eigenvalue weighted by Gasteiger charge is -2.37. The summed E-state index contributed by atoms with van der Waals surface area (Å²) in [6.45, 7) is 10.0. The summed E-state index contributed by atoms with van der Waals surface area (Å²) in [4.78, 5) is 54.9. The monoisotopic (exact) mass is 807 g/mol. The van der Waals surface area contributed by atoms with Crippen LogP contribution in [0, 0.1) is 11.3 Å². The Morgan fingerprint density at radius 3 is 2.47 bits per heavy atom. The number of fused-ring (bicyclic) bond motifs is 1. The van der Waals surface area contributed by atoms with Crippen LogP contribution in [-0.4, -0.2) is 113 Å². The number of anilines is 3. The number of likely N-dealkylation sites (N-methyl/N-ethyl adjacent to an activating group) is 2. The van der Waals surface area contributed by atoms with Crippen LogP contribution in [0.3, 0.4) is 0 Å². The first-order valence-corrected chi connectivity index (χ1v) is 21.6. The highest BCUT2D eigenvalue weighted by molar-refractivity contribution is 6.13. The van der Waals surface area contributed by atoms with Crippen molar-refractivity contribution in [1.82, 2.24) is 25.1 Å². The highest BCUT2D eigenvalue weighted by atomic mass is 16.5. The predicted molar refractivity (Wildman–Crippen MR) is 229 cm³/mol. The van der Waals surface area contributed by atoms with E-state index < -0.39 is 6.04 Å². The zero-order valence-electron chi connectivity index (χ0n) is 34.8. The first-order chi connectivity index (χ1) is 28.4. The molecule has 2 aliphatic carbocycles. The van der Waals surface area contributed by atoms with E-state index in [2.05, 4.69) is 56.9 Å². The number of piperidine rings is 2. The Morgan fingerprint density at radius 1 is 0.983 bits per heavy atom. The van der Waals surface area contributed by atoms with Crippen molar-refractivity contribution < 1.29 is 25.3 Å². The third kappa shape index (κ3) is 9.38. The molecule has 5 aliphatic rings. The largest absolute Gasteiger partial charge is 0.488 e. The number of nitrogens with two attached hydrogens (primary N) is 1. The topological polar surface area (TPSA) is 170 Å². The molecule has 59 heavy (non-hydrogen) atoms. The molecule has 3 aliphatic heterocycles. The quantitative estimate of drug-likeness (QED) is 0.102. The number of carbonyl (C=O) groups excluding carboxylic acids is 3. The molecule has 1 aromatic heterocycles. The summed E-state index contributed by atoms with van der Waals surface area (Å²) in [6, 6.07) is 12.8. The van der Waals surface area contributed by atoms with Crippen molar-refractivity contribution in [2.45, 2.75) is 108 Å². The van der Waals surface area contributed by atoms with Crippen molar-refractivity contribution in [3.63, 3.8) is 0 Å². The maximum atomic E-state index is 13.1. The van der Waals surface area contributed by atoms with Crippen LogP contribution in [0.25, 0.3) is 0 Å². The van der Waals surface area contributed by atoms with Gasteiger partial charge in [-0.25, -0.2) is 9.97 Å². The molecular formula is C45H61N9O5. The highest BCUT2D eigenvalue weighted by Gasteiger charge is 2.41. The second-order valence-corrected chi connectivity index (χ2v) is 17.5. The predicted octanol–water partition coefficient (Wildman–Crippen LogP) is 5.42. The minimum Gasteiger partial charge on any atom is -0.488 e. The number of ether oxygens (including phenoxy) is 2. The Kier molecular flexibility index (Phi) is 11.9. The summed E-state index contributed by atoms with van der Waals surface area (Å²) in [7, 11) is 2.21. The molecule has 8 rings (SSSR count). The Morgan fingerprint density at radius 2 is 1.75 bits per heavy atom. The molecule has 14 nitrogen and oxygen atoms in total. The van der Waals surface area contributed by atoms with Crippen LogP contribution >= 0.6 is 0 Å². The molecule has 2 saturated carbocycles. The highest BCUT2D eigenvalue weighted by Crippen LogP contribution is 2.40. The number of nitrogens with zero attached hydrogens (tertiary/aromatic N) is 6. The molecule has 2 aromatic carbocycles. The normalized spacial score (nSPS) is 23.0. The number of hydrogen-bond donors (Lipinski definition) is 3. The van der Waals surface area contributed by atoms with Gasteiger partial charge in [0.05, 0.1) is 23.6 Å². The fraction of sp³-hybridized carbons (Fsp3) is 0.556. The van der Waals surface area contributed by atoms with Crippen molar-refractivity contribution in [1.29, 1.82) is 5.41 Å². The molecule has 1 atom stereocenters. The van der Waals surface area contributed by atoms with E-state index in [1.165, 1.54) is 19.2 Å². The fourth-order valence-corrected chi connectivity index (χ4v) is 9.16. The SMILES string of the molecule is CCN(CCN(C)CC1CCC(OC2CCN(c3ccc4c(c3)CN(C3CCC(=O)NC3=O)C4=O)CC2)CC1)c1cc(C(=N)c2cc(OC3(C)CC3)ccc2N)ncn1.[HH]. The van der Waals surface area contributed by atoms with Gasteiger partial charge in [-0.2, -0.15) is 0 Å². The van der Waals surface area contributed by atoms with Crippen LogP contribution in [0.5, 0.6) is 5.75 Å². The Balaban J connectivity index is 0.00000544. The van der Waals surface area contributed by atoms with Crippen molar-refractivity contribution in [2.75, 3.05) is 61.8 Å². The molecule has 0 spiro atoms. The molecule has 0 radical (unpaired) electrons. The van der Waals surface area contributed by atoms with Crippen molar-refractivity contribution >= 4 is 40.6 Å². The van der Waals surface area contributed by atoms with Crippen molar-refractivity contribution in [3.8, 4) is 5.75 Å². The minimum absolute atomic E-state index is 0. The van der Waals surface area contributed by atoms with Gasteiger partial charge in [0, 0.05) is 82.2 Å². The molecule has 3 amide bonds. The smallest absolute Gasteiger partial charge is 0.255 e. The average molecular weight is 808 g/mol. The maximum absolute atomic E-state index is 13.1. The molecule has 4 heterocycles. The summed E-state index contributed by atoms with van der Waals surface area (Å²) in [5.74, 6) is 1.38. The van der Waals surface area contributed by atoms with Gasteiger partial charge in [-0.1, -0.05) is 0 Å². The van der Waals surface area contributed by atoms with Crippen LogP contribution in [0.4, 0.5) is 17.2 Å². The van der Waals surface area contributed by atoms with Crippen molar-refractivity contribution in [2.24, 2.45) is 5.92 Å². The lowest BCUT2D eigenvalue weighted by Crippen LogP contribution is -2.52. The molecule has 1 unspecified atom stereocenters. The van der Waals surface area contributed by atoms with E-state index in [0.717, 1.165) is 101 Å². The number of nitrogen functional groups attached to an aromatic ring is 1. The molecule has 2 saturated heterocycles. The van der Waals surface area contributed by atoms with E-state index >= 15 is 0 Å². The lowest BCUT2D eigenvalue weighted by molar-refractivity contribution is -0.136. The second-order valence-electron chi connectivity index (χ2n) is 17.5. The van der Waals surface area contributed by atoms with Gasteiger partial charge < -0.3 is 34.8 Å². The third-order valence-electron chi connectivity index (χ3n) is 13.0. The number of rotatable bonds is 15. The van der Waals surface area contributed by atoms with Gasteiger partial charge in [0.2, 0.25) is 11.8 Å². The summed E-state index contributed by atoms with van der Waals surface area (Å²) in [6.07, 6.45) is 11.3. The van der Waals surface area contributed by atoms with E-state index in [-0.39, 0.29) is 43.0 Å². The van der Waals surface area contributed by atoms with E-state index in [1.54, 1.807) is 11.0 Å². The zero-order chi connectivity index (χ0) is 41.3. The van der Waals surface area contributed by atoms with Gasteiger partial charge in [-0.3, -0.25) is 25.1 Å². The molecular weight excluding hydrogens is 747 g/mol. The lowest BCUT2D eigenvalue weighted by atomic mass is 9.87. The van der Waals surface area contributed by atoms with Gasteiger partial charge in [0.1, 0.15) is 29.5 Å². The second kappa shape index (κ2) is 17.3. The Labute approximate surface area is 348 Å². The van der Waals surface area contributed by atoms with E-state index in [9.17, 15) is 14.4 Å². The van der Waals surface area contributed by atoms with Crippen LogP contribution in [-0.2, 0) is 20.9 Å². The van der Waals surface area contributed by atoms with Crippen LogP contribution < -0.4 is 25.6 Å². The summed E-state index contributed by atoms with van der Waals surface area (Å²) < 4.78 is 12.8. The zero-order valence-corrected chi connectivity index (χ0v) is 34.8. The minimum atomic E-state index is -0.599. The summed E-state index contributed by atoms with van der Waals surface area (Å²) in [5, 5.41) is 11.3. The molecule has 0 bridgehead atoms. The van der Waals surface area contributed by atoms with Crippen LogP contribution in [0.1, 0.15) is 107 Å².